The number of para-hydroxylation sites is 1. The maximum Gasteiger partial charge on any atom is 0.245 e. The Morgan fingerprint density at radius 2 is 2.04 bits per heavy atom. The molecule has 1 aliphatic rings. The molecule has 0 N–H and O–H groups in total. The molecule has 0 bridgehead atoms. The van der Waals surface area contributed by atoms with Crippen LogP contribution in [0.15, 0.2) is 53.6 Å². The van der Waals surface area contributed by atoms with Crippen molar-refractivity contribution in [1.82, 2.24) is 19.5 Å². The summed E-state index contributed by atoms with van der Waals surface area (Å²) in [6, 6.07) is 12.5. The molecule has 1 saturated heterocycles. The summed E-state index contributed by atoms with van der Waals surface area (Å²) in [6.45, 7) is 2.60. The van der Waals surface area contributed by atoms with E-state index >= 15 is 0 Å². The minimum atomic E-state index is -3.68. The van der Waals surface area contributed by atoms with Gasteiger partial charge in [-0.2, -0.15) is 9.40 Å². The molecule has 3 heterocycles. The summed E-state index contributed by atoms with van der Waals surface area (Å²) in [4.78, 5) is 4.71. The van der Waals surface area contributed by atoms with Gasteiger partial charge in [-0.25, -0.2) is 8.42 Å². The lowest BCUT2D eigenvalue weighted by molar-refractivity contribution is 0.123. The van der Waals surface area contributed by atoms with Gasteiger partial charge in [0.1, 0.15) is 11.0 Å². The molecule has 1 atom stereocenters. The molecule has 0 spiro atoms. The third-order valence-corrected chi connectivity index (χ3v) is 6.51. The number of rotatable bonds is 4. The summed E-state index contributed by atoms with van der Waals surface area (Å²) in [6.07, 6.45) is 2.81. The Labute approximate surface area is 158 Å². The number of hydrogen-bond acceptors (Lipinski definition) is 6. The highest BCUT2D eigenvalue weighted by molar-refractivity contribution is 7.89. The highest BCUT2D eigenvalue weighted by Gasteiger charge is 2.32. The third kappa shape index (κ3) is 3.63. The number of benzene rings is 1. The Hall–Kier alpha value is -2.58. The summed E-state index contributed by atoms with van der Waals surface area (Å²) in [5, 5.41) is 8.52. The van der Waals surface area contributed by atoms with Crippen molar-refractivity contribution in [3.8, 4) is 5.88 Å². The molecule has 0 aliphatic carbocycles. The van der Waals surface area contributed by atoms with E-state index < -0.39 is 10.0 Å². The number of fused-ring (bicyclic) bond motifs is 1. The Balaban J connectivity index is 1.63. The summed E-state index contributed by atoms with van der Waals surface area (Å²) < 4.78 is 33.9. The first-order chi connectivity index (χ1) is 13.0. The highest BCUT2D eigenvalue weighted by Crippen LogP contribution is 2.27. The first-order valence-corrected chi connectivity index (χ1v) is 10.3. The van der Waals surface area contributed by atoms with E-state index in [0.717, 1.165) is 23.9 Å². The van der Waals surface area contributed by atoms with Crippen LogP contribution in [0.3, 0.4) is 0 Å². The fraction of sp³-hybridized carbons (Fsp3) is 0.316. The molecule has 4 rings (SSSR count). The van der Waals surface area contributed by atoms with Crippen LogP contribution >= 0.6 is 0 Å². The van der Waals surface area contributed by atoms with Crippen LogP contribution in [-0.2, 0) is 10.0 Å². The minimum absolute atomic E-state index is 0.240. The van der Waals surface area contributed by atoms with Crippen molar-refractivity contribution in [3.05, 3.63) is 54.4 Å². The van der Waals surface area contributed by atoms with Gasteiger partial charge in [0.15, 0.2) is 0 Å². The molecule has 0 amide bonds. The smallest absolute Gasteiger partial charge is 0.245 e. The van der Waals surface area contributed by atoms with Crippen LogP contribution in [-0.4, -0.2) is 47.1 Å². The van der Waals surface area contributed by atoms with Crippen molar-refractivity contribution in [1.29, 1.82) is 0 Å². The third-order valence-electron chi connectivity index (χ3n) is 4.62. The maximum atomic E-state index is 13.3. The van der Waals surface area contributed by atoms with Crippen LogP contribution in [0.5, 0.6) is 5.88 Å². The van der Waals surface area contributed by atoms with E-state index in [4.69, 9.17) is 4.74 Å². The first kappa shape index (κ1) is 17.8. The predicted octanol–water partition coefficient (Wildman–Crippen LogP) is 2.57. The predicted molar refractivity (Wildman–Crippen MR) is 101 cm³/mol. The van der Waals surface area contributed by atoms with Crippen LogP contribution in [0.1, 0.15) is 18.5 Å². The van der Waals surface area contributed by atoms with Crippen LogP contribution in [0.4, 0.5) is 0 Å². The molecule has 1 fully saturated rings. The van der Waals surface area contributed by atoms with Crippen molar-refractivity contribution in [2.75, 3.05) is 13.1 Å². The Bertz CT molecular complexity index is 1060. The monoisotopic (exact) mass is 384 g/mol. The maximum absolute atomic E-state index is 13.3. The molecular formula is C19H20N4O3S. The van der Waals surface area contributed by atoms with Crippen LogP contribution in [0.25, 0.3) is 10.9 Å². The number of sulfonamides is 1. The van der Waals surface area contributed by atoms with Gasteiger partial charge in [0.2, 0.25) is 15.9 Å². The number of ether oxygens (including phenoxy) is 1. The van der Waals surface area contributed by atoms with Crippen molar-refractivity contribution in [3.63, 3.8) is 0 Å². The van der Waals surface area contributed by atoms with Crippen LogP contribution < -0.4 is 4.74 Å². The molecule has 1 unspecified atom stereocenters. The molecular weight excluding hydrogens is 364 g/mol. The van der Waals surface area contributed by atoms with Crippen LogP contribution in [0.2, 0.25) is 0 Å². The van der Waals surface area contributed by atoms with Crippen molar-refractivity contribution >= 4 is 20.9 Å². The second-order valence-corrected chi connectivity index (χ2v) is 8.49. The zero-order valence-electron chi connectivity index (χ0n) is 14.9. The summed E-state index contributed by atoms with van der Waals surface area (Å²) in [7, 11) is -3.68. The lowest BCUT2D eigenvalue weighted by atomic mass is 10.1. The first-order valence-electron chi connectivity index (χ1n) is 8.85. The summed E-state index contributed by atoms with van der Waals surface area (Å²) in [5.41, 5.74) is 1.29. The summed E-state index contributed by atoms with van der Waals surface area (Å²) in [5.74, 6) is 0.407. The van der Waals surface area contributed by atoms with Crippen molar-refractivity contribution in [2.45, 2.75) is 30.8 Å². The van der Waals surface area contributed by atoms with E-state index in [-0.39, 0.29) is 17.5 Å². The van der Waals surface area contributed by atoms with E-state index in [0.29, 0.717) is 17.9 Å². The standard InChI is InChI=1S/C19H20N4O3S/c1-14-9-10-15-5-2-7-17(19(15)21-14)27(24,25)23-12-4-6-16(13-23)26-18-8-3-11-20-22-18/h2-3,5,7-11,16H,4,6,12-13H2,1H3. The van der Waals surface area contributed by atoms with E-state index in [1.165, 1.54) is 4.31 Å². The van der Waals surface area contributed by atoms with Gasteiger partial charge in [-0.3, -0.25) is 4.98 Å². The largest absolute Gasteiger partial charge is 0.472 e. The minimum Gasteiger partial charge on any atom is -0.472 e. The second-order valence-electron chi connectivity index (χ2n) is 6.59. The lowest BCUT2D eigenvalue weighted by Gasteiger charge is -2.31. The molecule has 1 aromatic carbocycles. The SMILES string of the molecule is Cc1ccc2cccc(S(=O)(=O)N3CCCC(Oc4cccnn4)C3)c2n1. The van der Waals surface area contributed by atoms with Gasteiger partial charge < -0.3 is 4.74 Å². The zero-order chi connectivity index (χ0) is 18.9. The van der Waals surface area contributed by atoms with Gasteiger partial charge in [-0.15, -0.1) is 5.10 Å². The van der Waals surface area contributed by atoms with E-state index in [1.54, 1.807) is 30.5 Å². The number of nitrogens with zero attached hydrogens (tertiary/aromatic N) is 4. The number of aryl methyl sites for hydroxylation is 1. The number of piperidine rings is 1. The normalized spacial score (nSPS) is 18.5. The van der Waals surface area contributed by atoms with E-state index in [2.05, 4.69) is 15.2 Å². The van der Waals surface area contributed by atoms with Gasteiger partial charge in [-0.1, -0.05) is 18.2 Å². The molecule has 0 radical (unpaired) electrons. The molecule has 8 heteroatoms. The Kier molecular flexibility index (Phi) is 4.75. The van der Waals surface area contributed by atoms with Gasteiger partial charge in [0.25, 0.3) is 0 Å². The molecule has 7 nitrogen and oxygen atoms in total. The Morgan fingerprint density at radius 3 is 2.85 bits per heavy atom. The summed E-state index contributed by atoms with van der Waals surface area (Å²) >= 11 is 0. The number of aromatic nitrogens is 3. The molecule has 2 aromatic heterocycles. The van der Waals surface area contributed by atoms with Crippen molar-refractivity contribution in [2.24, 2.45) is 0 Å². The zero-order valence-corrected chi connectivity index (χ0v) is 15.8. The van der Waals surface area contributed by atoms with Gasteiger partial charge in [0, 0.05) is 29.9 Å². The molecule has 3 aromatic rings. The quantitative estimate of drug-likeness (QED) is 0.687. The van der Waals surface area contributed by atoms with Gasteiger partial charge in [0.05, 0.1) is 12.1 Å². The topological polar surface area (TPSA) is 85.3 Å². The average molecular weight is 384 g/mol. The molecule has 0 saturated carbocycles. The Morgan fingerprint density at radius 1 is 1.15 bits per heavy atom. The molecule has 1 aliphatic heterocycles. The van der Waals surface area contributed by atoms with Gasteiger partial charge in [-0.05, 0) is 38.0 Å². The van der Waals surface area contributed by atoms with Gasteiger partial charge >= 0.3 is 0 Å². The van der Waals surface area contributed by atoms with E-state index in [1.807, 2.05) is 25.1 Å². The molecule has 140 valence electrons. The second kappa shape index (κ2) is 7.21. The number of pyridine rings is 1. The molecule has 27 heavy (non-hydrogen) atoms. The average Bonchev–Trinajstić information content (AvgIpc) is 2.68. The van der Waals surface area contributed by atoms with Crippen molar-refractivity contribution < 1.29 is 13.2 Å². The lowest BCUT2D eigenvalue weighted by Crippen LogP contribution is -2.44. The number of hydrogen-bond donors (Lipinski definition) is 0. The van der Waals surface area contributed by atoms with Crippen LogP contribution in [0, 0.1) is 6.92 Å². The van der Waals surface area contributed by atoms with E-state index in [9.17, 15) is 8.42 Å². The fourth-order valence-corrected chi connectivity index (χ4v) is 4.97. The fourth-order valence-electron chi connectivity index (χ4n) is 3.31. The highest BCUT2D eigenvalue weighted by atomic mass is 32.2.